The van der Waals surface area contributed by atoms with Crippen LogP contribution in [0.2, 0.25) is 0 Å². The van der Waals surface area contributed by atoms with E-state index in [1.54, 1.807) is 25.1 Å². The molecule has 1 unspecified atom stereocenters. The monoisotopic (exact) mass is 426 g/mol. The van der Waals surface area contributed by atoms with Crippen molar-refractivity contribution < 1.29 is 32.9 Å². The van der Waals surface area contributed by atoms with E-state index in [1.165, 1.54) is 6.07 Å². The van der Waals surface area contributed by atoms with Crippen molar-refractivity contribution in [1.29, 1.82) is 0 Å². The molecule has 3 N–H and O–H groups in total. The van der Waals surface area contributed by atoms with Gasteiger partial charge in [0.15, 0.2) is 6.79 Å². The molecule has 29 heavy (non-hydrogen) atoms. The van der Waals surface area contributed by atoms with Crippen molar-refractivity contribution in [2.45, 2.75) is 36.2 Å². The summed E-state index contributed by atoms with van der Waals surface area (Å²) in [5.41, 5.74) is 0.895. The van der Waals surface area contributed by atoms with Crippen LogP contribution in [0.3, 0.4) is 0 Å². The van der Waals surface area contributed by atoms with Crippen molar-refractivity contribution in [3.05, 3.63) is 36.4 Å². The van der Waals surface area contributed by atoms with Crippen LogP contribution in [0, 0.1) is 0 Å². The Morgan fingerprint density at radius 1 is 1.17 bits per heavy atom. The summed E-state index contributed by atoms with van der Waals surface area (Å²) < 4.78 is 36.2. The van der Waals surface area contributed by atoms with Gasteiger partial charge >= 0.3 is 0 Å². The smallest absolute Gasteiger partial charge is 0.263 e. The van der Waals surface area contributed by atoms with Crippen LogP contribution < -0.4 is 9.79 Å². The van der Waals surface area contributed by atoms with Crippen molar-refractivity contribution in [3.8, 4) is 0 Å². The SMILES string of the molecule is C[C@@H]1O[C@H](CO)[C@H](O)C1OCONS(=O)(=O)c1cccc2c(N(C)C)cccc12. The van der Waals surface area contributed by atoms with Crippen molar-refractivity contribution >= 4 is 26.5 Å². The number of aliphatic hydroxyl groups excluding tert-OH is 2. The van der Waals surface area contributed by atoms with Crippen LogP contribution in [0.25, 0.3) is 10.8 Å². The molecule has 0 aliphatic carbocycles. The van der Waals surface area contributed by atoms with E-state index in [2.05, 4.69) is 4.89 Å². The van der Waals surface area contributed by atoms with E-state index in [4.69, 9.17) is 19.4 Å². The van der Waals surface area contributed by atoms with Gasteiger partial charge in [-0.15, -0.1) is 0 Å². The van der Waals surface area contributed by atoms with Gasteiger partial charge in [0.2, 0.25) is 0 Å². The molecule has 3 rings (SSSR count). The maximum absolute atomic E-state index is 12.7. The zero-order valence-corrected chi connectivity index (χ0v) is 17.3. The lowest BCUT2D eigenvalue weighted by molar-refractivity contribution is -0.136. The van der Waals surface area contributed by atoms with Crippen molar-refractivity contribution in [3.63, 3.8) is 0 Å². The minimum Gasteiger partial charge on any atom is -0.394 e. The number of hydrogen-bond acceptors (Lipinski definition) is 8. The highest BCUT2D eigenvalue weighted by Gasteiger charge is 2.41. The van der Waals surface area contributed by atoms with Crippen molar-refractivity contribution in [2.75, 3.05) is 32.4 Å². The first-order chi connectivity index (χ1) is 13.8. The lowest BCUT2D eigenvalue weighted by Crippen LogP contribution is -2.37. The van der Waals surface area contributed by atoms with Gasteiger partial charge < -0.3 is 24.6 Å². The molecule has 0 bridgehead atoms. The Bertz CT molecular complexity index is 951. The zero-order valence-electron chi connectivity index (χ0n) is 16.5. The number of nitrogens with one attached hydrogen (secondary N) is 1. The summed E-state index contributed by atoms with van der Waals surface area (Å²) in [6.45, 7) is 0.918. The van der Waals surface area contributed by atoms with Gasteiger partial charge in [0.05, 0.1) is 17.6 Å². The molecule has 0 spiro atoms. The number of ether oxygens (including phenoxy) is 2. The Labute approximate surface area is 169 Å². The van der Waals surface area contributed by atoms with Crippen LogP contribution in [0.4, 0.5) is 5.69 Å². The van der Waals surface area contributed by atoms with E-state index in [9.17, 15) is 13.5 Å². The standard InChI is InChI=1S/C19H26N2O7S/c1-12-19(18(23)16(10-22)28-12)26-11-27-20-29(24,25)17-9-5-6-13-14(17)7-4-8-15(13)21(2)3/h4-9,12,16,18-20,22-23H,10-11H2,1-3H3/t12-,16+,18-,19?/m0/s1. The maximum atomic E-state index is 12.7. The van der Waals surface area contributed by atoms with E-state index >= 15 is 0 Å². The largest absolute Gasteiger partial charge is 0.394 e. The Hall–Kier alpha value is -1.79. The predicted molar refractivity (Wildman–Crippen MR) is 107 cm³/mol. The van der Waals surface area contributed by atoms with Gasteiger partial charge in [0, 0.05) is 30.6 Å². The topological polar surface area (TPSA) is 118 Å². The van der Waals surface area contributed by atoms with Crippen LogP contribution in [0.15, 0.2) is 41.3 Å². The van der Waals surface area contributed by atoms with Crippen LogP contribution in [-0.4, -0.2) is 70.5 Å². The van der Waals surface area contributed by atoms with Crippen molar-refractivity contribution in [1.82, 2.24) is 4.89 Å². The number of anilines is 1. The van der Waals surface area contributed by atoms with Crippen molar-refractivity contribution in [2.24, 2.45) is 0 Å². The van der Waals surface area contributed by atoms with Gasteiger partial charge in [-0.25, -0.2) is 8.42 Å². The lowest BCUT2D eigenvalue weighted by atomic mass is 10.1. The molecule has 0 amide bonds. The highest BCUT2D eigenvalue weighted by molar-refractivity contribution is 7.89. The maximum Gasteiger partial charge on any atom is 0.263 e. The van der Waals surface area contributed by atoms with Gasteiger partial charge in [0.1, 0.15) is 18.3 Å². The lowest BCUT2D eigenvalue weighted by Gasteiger charge is -2.19. The number of aliphatic hydroxyl groups is 2. The van der Waals surface area contributed by atoms with E-state index in [-0.39, 0.29) is 11.5 Å². The fourth-order valence-corrected chi connectivity index (χ4v) is 4.47. The number of hydrogen-bond donors (Lipinski definition) is 3. The highest BCUT2D eigenvalue weighted by Crippen LogP contribution is 2.30. The Morgan fingerprint density at radius 2 is 1.86 bits per heavy atom. The summed E-state index contributed by atoms with van der Waals surface area (Å²) >= 11 is 0. The third-order valence-electron chi connectivity index (χ3n) is 4.87. The first kappa shape index (κ1) is 21.9. The second-order valence-electron chi connectivity index (χ2n) is 7.06. The van der Waals surface area contributed by atoms with Gasteiger partial charge in [-0.2, -0.15) is 0 Å². The minimum atomic E-state index is -3.97. The van der Waals surface area contributed by atoms with Crippen LogP contribution in [0.5, 0.6) is 0 Å². The van der Waals surface area contributed by atoms with Crippen LogP contribution in [-0.2, 0) is 24.3 Å². The van der Waals surface area contributed by atoms with Crippen LogP contribution in [0.1, 0.15) is 6.92 Å². The first-order valence-corrected chi connectivity index (χ1v) is 10.6. The Balaban J connectivity index is 1.69. The summed E-state index contributed by atoms with van der Waals surface area (Å²) in [6, 6.07) is 10.5. The van der Waals surface area contributed by atoms with Gasteiger partial charge in [0.25, 0.3) is 10.0 Å². The zero-order chi connectivity index (χ0) is 21.2. The summed E-state index contributed by atoms with van der Waals surface area (Å²) in [5.74, 6) is 0. The second-order valence-corrected chi connectivity index (χ2v) is 8.67. The molecule has 0 aromatic heterocycles. The van der Waals surface area contributed by atoms with Gasteiger partial charge in [-0.05, 0) is 19.1 Å². The molecule has 1 fully saturated rings. The molecule has 160 valence electrons. The summed E-state index contributed by atoms with van der Waals surface area (Å²) in [6.07, 6.45) is -2.98. The molecule has 0 saturated carbocycles. The van der Waals surface area contributed by atoms with Gasteiger partial charge in [-0.1, -0.05) is 29.2 Å². The second kappa shape index (κ2) is 8.92. The number of rotatable bonds is 8. The van der Waals surface area contributed by atoms with E-state index in [0.717, 1.165) is 11.1 Å². The summed E-state index contributed by atoms with van der Waals surface area (Å²) in [7, 11) is -0.198. The molecule has 0 radical (unpaired) electrons. The third-order valence-corrected chi connectivity index (χ3v) is 6.14. The first-order valence-electron chi connectivity index (χ1n) is 9.15. The molecular formula is C19H26N2O7S. The van der Waals surface area contributed by atoms with Gasteiger partial charge in [-0.3, -0.25) is 4.84 Å². The predicted octanol–water partition coefficient (Wildman–Crippen LogP) is 0.599. The number of fused-ring (bicyclic) bond motifs is 1. The normalized spacial score (nSPS) is 24.9. The van der Waals surface area contributed by atoms with E-state index < -0.39 is 41.2 Å². The number of benzene rings is 2. The molecule has 2 aromatic rings. The van der Waals surface area contributed by atoms with Crippen LogP contribution >= 0.6 is 0 Å². The number of sulfonamides is 1. The summed E-state index contributed by atoms with van der Waals surface area (Å²) in [5, 5.41) is 20.5. The molecule has 4 atom stereocenters. The molecular weight excluding hydrogens is 400 g/mol. The fraction of sp³-hybridized carbons (Fsp3) is 0.474. The summed E-state index contributed by atoms with van der Waals surface area (Å²) in [4.78, 5) is 9.05. The quantitative estimate of drug-likeness (QED) is 0.319. The number of nitrogens with zero attached hydrogens (tertiary/aromatic N) is 1. The molecule has 10 heteroatoms. The molecule has 2 aromatic carbocycles. The molecule has 1 aliphatic heterocycles. The Kier molecular flexibility index (Phi) is 6.74. The molecule has 9 nitrogen and oxygen atoms in total. The minimum absolute atomic E-state index is 0.0802. The third kappa shape index (κ3) is 4.53. The molecule has 1 aliphatic rings. The average molecular weight is 426 g/mol. The molecule has 1 saturated heterocycles. The van der Waals surface area contributed by atoms with E-state index in [0.29, 0.717) is 5.39 Å². The fourth-order valence-electron chi connectivity index (χ4n) is 3.46. The Morgan fingerprint density at radius 3 is 2.52 bits per heavy atom. The average Bonchev–Trinajstić information content (AvgIpc) is 2.97. The molecule has 1 heterocycles. The highest BCUT2D eigenvalue weighted by atomic mass is 32.2. The van der Waals surface area contributed by atoms with E-state index in [1.807, 2.05) is 31.1 Å².